The van der Waals surface area contributed by atoms with Crippen LogP contribution in [-0.4, -0.2) is 20.3 Å². The molecular formula is C8H9BrO2S. The molecule has 2 nitrogen and oxygen atoms in total. The largest absolute Gasteiger partial charge is 0.374 e. The van der Waals surface area contributed by atoms with Crippen LogP contribution in [0.5, 0.6) is 0 Å². The lowest BCUT2D eigenvalue weighted by atomic mass is 10.0. The van der Waals surface area contributed by atoms with Crippen LogP contribution in [0.4, 0.5) is 0 Å². The first-order valence-corrected chi connectivity index (χ1v) is 5.31. The molecule has 0 spiro atoms. The topological polar surface area (TPSA) is 18.5 Å². The van der Waals surface area contributed by atoms with Gasteiger partial charge in [0, 0.05) is 21.8 Å². The van der Waals surface area contributed by atoms with Gasteiger partial charge in [-0.15, -0.1) is 11.3 Å². The molecule has 1 aliphatic heterocycles. The fourth-order valence-electron chi connectivity index (χ4n) is 1.20. The lowest BCUT2D eigenvalue weighted by Gasteiger charge is -2.39. The van der Waals surface area contributed by atoms with Crippen LogP contribution < -0.4 is 0 Å². The molecule has 0 saturated carbocycles. The van der Waals surface area contributed by atoms with Gasteiger partial charge >= 0.3 is 0 Å². The smallest absolute Gasteiger partial charge is 0.148 e. The van der Waals surface area contributed by atoms with Crippen LogP contribution in [0, 0.1) is 0 Å². The van der Waals surface area contributed by atoms with Crippen molar-refractivity contribution in [2.45, 2.75) is 5.60 Å². The molecular weight excluding hydrogens is 240 g/mol. The second kappa shape index (κ2) is 3.10. The summed E-state index contributed by atoms with van der Waals surface area (Å²) in [5, 5.41) is 2.06. The van der Waals surface area contributed by atoms with Crippen molar-refractivity contribution in [2.24, 2.45) is 0 Å². The Morgan fingerprint density at radius 1 is 1.67 bits per heavy atom. The van der Waals surface area contributed by atoms with Crippen molar-refractivity contribution >= 4 is 27.3 Å². The summed E-state index contributed by atoms with van der Waals surface area (Å²) in [6, 6.07) is 2.09. The molecule has 1 aromatic rings. The van der Waals surface area contributed by atoms with E-state index >= 15 is 0 Å². The molecule has 2 rings (SSSR count). The number of ether oxygens (including phenoxy) is 2. The van der Waals surface area contributed by atoms with Crippen molar-refractivity contribution < 1.29 is 9.47 Å². The van der Waals surface area contributed by atoms with E-state index in [4.69, 9.17) is 9.47 Å². The average Bonchev–Trinajstić information content (AvgIpc) is 2.35. The van der Waals surface area contributed by atoms with Crippen LogP contribution >= 0.6 is 27.3 Å². The molecule has 0 unspecified atom stereocenters. The van der Waals surface area contributed by atoms with Gasteiger partial charge in [0.05, 0.1) is 13.2 Å². The molecule has 2 heterocycles. The molecule has 0 amide bonds. The number of methoxy groups -OCH3 is 1. The minimum atomic E-state index is -0.156. The first-order chi connectivity index (χ1) is 5.77. The Bertz CT molecular complexity index is 275. The van der Waals surface area contributed by atoms with Crippen molar-refractivity contribution in [1.82, 2.24) is 0 Å². The van der Waals surface area contributed by atoms with E-state index in [9.17, 15) is 0 Å². The molecule has 66 valence electrons. The summed E-state index contributed by atoms with van der Waals surface area (Å²) in [5.41, 5.74) is -0.156. The van der Waals surface area contributed by atoms with Crippen molar-refractivity contribution in [1.29, 1.82) is 0 Å². The molecule has 0 radical (unpaired) electrons. The molecule has 0 bridgehead atoms. The number of rotatable bonds is 2. The molecule has 1 saturated heterocycles. The zero-order valence-electron chi connectivity index (χ0n) is 6.67. The van der Waals surface area contributed by atoms with Gasteiger partial charge in [0.25, 0.3) is 0 Å². The zero-order valence-corrected chi connectivity index (χ0v) is 9.07. The van der Waals surface area contributed by atoms with E-state index < -0.39 is 0 Å². The fraction of sp³-hybridized carbons (Fsp3) is 0.500. The molecule has 4 heteroatoms. The van der Waals surface area contributed by atoms with Crippen LogP contribution in [-0.2, 0) is 15.1 Å². The lowest BCUT2D eigenvalue weighted by molar-refractivity contribution is -0.200. The Labute approximate surface area is 83.6 Å². The van der Waals surface area contributed by atoms with Gasteiger partial charge < -0.3 is 9.47 Å². The summed E-state index contributed by atoms with van der Waals surface area (Å²) in [5.74, 6) is 0. The van der Waals surface area contributed by atoms with E-state index in [1.54, 1.807) is 18.4 Å². The van der Waals surface area contributed by atoms with Gasteiger partial charge in [-0.1, -0.05) is 0 Å². The van der Waals surface area contributed by atoms with E-state index in [-0.39, 0.29) is 5.60 Å². The number of hydrogen-bond acceptors (Lipinski definition) is 3. The van der Waals surface area contributed by atoms with Gasteiger partial charge in [0.2, 0.25) is 0 Å². The van der Waals surface area contributed by atoms with Gasteiger partial charge in [-0.2, -0.15) is 0 Å². The van der Waals surface area contributed by atoms with Crippen LogP contribution in [0.15, 0.2) is 15.9 Å². The standard InChI is InChI=1S/C8H9BrO2S/c1-10-8(4-11-5-8)7-2-6(9)3-12-7/h2-3H,4-5H2,1H3. The van der Waals surface area contributed by atoms with E-state index in [0.29, 0.717) is 13.2 Å². The van der Waals surface area contributed by atoms with Gasteiger partial charge in [-0.3, -0.25) is 0 Å². The normalized spacial score (nSPS) is 20.5. The summed E-state index contributed by atoms with van der Waals surface area (Å²) in [6.45, 7) is 1.35. The Hall–Kier alpha value is 0.1000. The molecule has 0 N–H and O–H groups in total. The molecule has 12 heavy (non-hydrogen) atoms. The second-order valence-electron chi connectivity index (χ2n) is 2.82. The van der Waals surface area contributed by atoms with Gasteiger partial charge in [-0.05, 0) is 22.0 Å². The van der Waals surface area contributed by atoms with Gasteiger partial charge in [0.15, 0.2) is 0 Å². The van der Waals surface area contributed by atoms with Crippen molar-refractivity contribution in [3.8, 4) is 0 Å². The van der Waals surface area contributed by atoms with Crippen molar-refractivity contribution in [2.75, 3.05) is 20.3 Å². The average molecular weight is 249 g/mol. The van der Waals surface area contributed by atoms with Crippen molar-refractivity contribution in [3.05, 3.63) is 20.8 Å². The number of hydrogen-bond donors (Lipinski definition) is 0. The monoisotopic (exact) mass is 248 g/mol. The Kier molecular flexibility index (Phi) is 2.25. The van der Waals surface area contributed by atoms with Crippen molar-refractivity contribution in [3.63, 3.8) is 0 Å². The molecule has 0 atom stereocenters. The maximum atomic E-state index is 5.44. The van der Waals surface area contributed by atoms with E-state index in [2.05, 4.69) is 27.4 Å². The minimum Gasteiger partial charge on any atom is -0.374 e. The highest BCUT2D eigenvalue weighted by atomic mass is 79.9. The fourth-order valence-corrected chi connectivity index (χ4v) is 2.78. The first kappa shape index (κ1) is 8.69. The summed E-state index contributed by atoms with van der Waals surface area (Å²) in [7, 11) is 1.73. The highest BCUT2D eigenvalue weighted by Gasteiger charge is 2.41. The third-order valence-electron chi connectivity index (χ3n) is 2.08. The third kappa shape index (κ3) is 1.23. The first-order valence-electron chi connectivity index (χ1n) is 3.64. The summed E-state index contributed by atoms with van der Waals surface area (Å²) in [6.07, 6.45) is 0. The molecule has 0 aliphatic carbocycles. The maximum absolute atomic E-state index is 5.44. The van der Waals surface area contributed by atoms with Crippen LogP contribution in [0.25, 0.3) is 0 Å². The Balaban J connectivity index is 2.27. The summed E-state index contributed by atoms with van der Waals surface area (Å²) in [4.78, 5) is 1.24. The molecule has 0 aromatic carbocycles. The zero-order chi connectivity index (χ0) is 8.60. The van der Waals surface area contributed by atoms with E-state index in [0.717, 1.165) is 4.47 Å². The van der Waals surface area contributed by atoms with E-state index in [1.165, 1.54) is 4.88 Å². The summed E-state index contributed by atoms with van der Waals surface area (Å²) >= 11 is 5.13. The van der Waals surface area contributed by atoms with Crippen LogP contribution in [0.2, 0.25) is 0 Å². The Morgan fingerprint density at radius 3 is 2.75 bits per heavy atom. The molecule has 1 fully saturated rings. The highest BCUT2D eigenvalue weighted by molar-refractivity contribution is 9.10. The second-order valence-corrected chi connectivity index (χ2v) is 4.65. The summed E-state index contributed by atoms with van der Waals surface area (Å²) < 4.78 is 11.7. The minimum absolute atomic E-state index is 0.156. The molecule has 1 aromatic heterocycles. The quantitative estimate of drug-likeness (QED) is 0.801. The number of halogens is 1. The SMILES string of the molecule is COC1(c2cc(Br)cs2)COC1. The number of thiophene rings is 1. The van der Waals surface area contributed by atoms with Crippen LogP contribution in [0.3, 0.4) is 0 Å². The van der Waals surface area contributed by atoms with Gasteiger partial charge in [-0.25, -0.2) is 0 Å². The third-order valence-corrected chi connectivity index (χ3v) is 3.95. The Morgan fingerprint density at radius 2 is 2.42 bits per heavy atom. The predicted octanol–water partition coefficient (Wildman–Crippen LogP) is 2.38. The highest BCUT2D eigenvalue weighted by Crippen LogP contribution is 2.37. The van der Waals surface area contributed by atoms with Gasteiger partial charge in [0.1, 0.15) is 5.60 Å². The maximum Gasteiger partial charge on any atom is 0.148 e. The van der Waals surface area contributed by atoms with Crippen LogP contribution in [0.1, 0.15) is 4.88 Å². The van der Waals surface area contributed by atoms with E-state index in [1.807, 2.05) is 0 Å². The molecule has 1 aliphatic rings. The lowest BCUT2D eigenvalue weighted by Crippen LogP contribution is -2.47. The predicted molar refractivity (Wildman–Crippen MR) is 51.5 cm³/mol.